The molecule has 1 unspecified atom stereocenters. The number of likely N-dealkylation sites (tertiary alicyclic amines) is 1. The summed E-state index contributed by atoms with van der Waals surface area (Å²) in [6.07, 6.45) is 3.17. The van der Waals surface area contributed by atoms with E-state index >= 15 is 0 Å². The van der Waals surface area contributed by atoms with E-state index in [0.29, 0.717) is 28.4 Å². The fourth-order valence-electron chi connectivity index (χ4n) is 3.94. The molecule has 1 aliphatic rings. The van der Waals surface area contributed by atoms with Crippen LogP contribution in [0, 0.1) is 11.3 Å². The SMILES string of the molecule is C=CN=C(N)/C(C#N)=C(\C)N1CCCC(c2ccc(O)c(NC(=O)c3ccccc3Cl)c2)C1. The van der Waals surface area contributed by atoms with E-state index in [-0.39, 0.29) is 17.5 Å². The van der Waals surface area contributed by atoms with Crippen LogP contribution < -0.4 is 11.1 Å². The molecule has 0 radical (unpaired) electrons. The van der Waals surface area contributed by atoms with Gasteiger partial charge in [-0.15, -0.1) is 0 Å². The highest BCUT2D eigenvalue weighted by Gasteiger charge is 2.24. The molecule has 0 bridgehead atoms. The number of carbonyl (C=O) groups is 1. The minimum Gasteiger partial charge on any atom is -0.506 e. The van der Waals surface area contributed by atoms with E-state index < -0.39 is 5.91 Å². The van der Waals surface area contributed by atoms with E-state index in [2.05, 4.69) is 27.9 Å². The van der Waals surface area contributed by atoms with Crippen molar-refractivity contribution in [1.29, 1.82) is 5.26 Å². The van der Waals surface area contributed by atoms with Crippen LogP contribution in [-0.2, 0) is 0 Å². The number of benzene rings is 2. The standard InChI is InChI=1S/C25H26ClN5O2/c1-3-29-24(28)20(14-27)16(2)31-12-6-7-18(15-31)17-10-11-23(32)22(13-17)30-25(33)19-8-4-5-9-21(19)26/h3-5,8-11,13,18,32H,1,6-7,12,15H2,2H3,(H2,28,29)(H,30,33)/b20-16+. The number of amides is 1. The van der Waals surface area contributed by atoms with E-state index in [9.17, 15) is 15.2 Å². The third-order valence-corrected chi connectivity index (χ3v) is 6.04. The average Bonchev–Trinajstić information content (AvgIpc) is 2.81. The number of amidine groups is 1. The van der Waals surface area contributed by atoms with Gasteiger partial charge in [0.05, 0.1) is 16.3 Å². The second kappa shape index (κ2) is 10.7. The van der Waals surface area contributed by atoms with Crippen LogP contribution in [0.25, 0.3) is 0 Å². The zero-order valence-corrected chi connectivity index (χ0v) is 19.1. The van der Waals surface area contributed by atoms with Gasteiger partial charge >= 0.3 is 0 Å². The second-order valence-corrected chi connectivity index (χ2v) is 8.17. The van der Waals surface area contributed by atoms with Gasteiger partial charge in [-0.05, 0) is 49.6 Å². The number of nitrogens with zero attached hydrogens (tertiary/aromatic N) is 3. The van der Waals surface area contributed by atoms with Gasteiger partial charge in [0.25, 0.3) is 5.91 Å². The lowest BCUT2D eigenvalue weighted by atomic mass is 9.89. The number of rotatable bonds is 6. The number of aromatic hydroxyl groups is 1. The zero-order chi connectivity index (χ0) is 24.0. The Morgan fingerprint density at radius 3 is 2.85 bits per heavy atom. The maximum Gasteiger partial charge on any atom is 0.257 e. The van der Waals surface area contributed by atoms with Crippen molar-refractivity contribution >= 4 is 29.0 Å². The maximum atomic E-state index is 12.7. The maximum absolute atomic E-state index is 12.7. The highest BCUT2D eigenvalue weighted by atomic mass is 35.5. The molecule has 0 saturated carbocycles. The molecule has 2 aromatic carbocycles. The van der Waals surface area contributed by atoms with Crippen molar-refractivity contribution in [1.82, 2.24) is 4.90 Å². The van der Waals surface area contributed by atoms with E-state index in [1.165, 1.54) is 6.20 Å². The van der Waals surface area contributed by atoms with Crippen LogP contribution in [0.5, 0.6) is 5.75 Å². The van der Waals surface area contributed by atoms with Crippen molar-refractivity contribution in [2.24, 2.45) is 10.7 Å². The largest absolute Gasteiger partial charge is 0.506 e. The molecule has 3 rings (SSSR count). The summed E-state index contributed by atoms with van der Waals surface area (Å²) >= 11 is 6.12. The lowest BCUT2D eigenvalue weighted by Gasteiger charge is -2.35. The number of nitrogens with two attached hydrogens (primary N) is 1. The zero-order valence-electron chi connectivity index (χ0n) is 18.4. The Bertz CT molecular complexity index is 1170. The van der Waals surface area contributed by atoms with Crippen molar-refractivity contribution in [3.8, 4) is 11.8 Å². The molecule has 1 fully saturated rings. The number of nitrogens with one attached hydrogen (secondary N) is 1. The van der Waals surface area contributed by atoms with Crippen molar-refractivity contribution in [2.45, 2.75) is 25.7 Å². The second-order valence-electron chi connectivity index (χ2n) is 7.76. The summed E-state index contributed by atoms with van der Waals surface area (Å²) in [5.41, 5.74) is 8.65. The molecule has 2 aromatic rings. The van der Waals surface area contributed by atoms with Crippen LogP contribution in [0.1, 0.15) is 41.6 Å². The van der Waals surface area contributed by atoms with Gasteiger partial charge in [0.15, 0.2) is 0 Å². The molecule has 1 heterocycles. The first kappa shape index (κ1) is 23.9. The van der Waals surface area contributed by atoms with E-state index in [4.69, 9.17) is 17.3 Å². The number of halogens is 1. The van der Waals surface area contributed by atoms with Crippen LogP contribution >= 0.6 is 11.6 Å². The number of nitriles is 1. The Hall–Kier alpha value is -3.76. The predicted molar refractivity (Wildman–Crippen MR) is 131 cm³/mol. The molecule has 8 heteroatoms. The van der Waals surface area contributed by atoms with E-state index in [1.54, 1.807) is 36.4 Å². The van der Waals surface area contributed by atoms with Gasteiger partial charge in [0.2, 0.25) is 0 Å². The minimum absolute atomic E-state index is 0.0249. The molecular weight excluding hydrogens is 438 g/mol. The van der Waals surface area contributed by atoms with Gasteiger partial charge in [-0.25, -0.2) is 4.99 Å². The minimum atomic E-state index is -0.396. The first-order valence-electron chi connectivity index (χ1n) is 10.5. The number of hydrogen-bond donors (Lipinski definition) is 3. The molecule has 7 nitrogen and oxygen atoms in total. The summed E-state index contributed by atoms with van der Waals surface area (Å²) in [6, 6.07) is 14.1. The number of piperidine rings is 1. The molecule has 1 atom stereocenters. The number of carbonyl (C=O) groups excluding carboxylic acids is 1. The third kappa shape index (κ3) is 5.54. The van der Waals surface area contributed by atoms with Gasteiger partial charge in [0.1, 0.15) is 23.2 Å². The molecular formula is C25H26ClN5O2. The fraction of sp³-hybridized carbons (Fsp3) is 0.240. The van der Waals surface area contributed by atoms with E-state index in [0.717, 1.165) is 30.6 Å². The monoisotopic (exact) mass is 463 g/mol. The number of phenols is 1. The van der Waals surface area contributed by atoms with Crippen LogP contribution in [0.2, 0.25) is 5.02 Å². The number of allylic oxidation sites excluding steroid dienone is 1. The first-order valence-corrected chi connectivity index (χ1v) is 10.9. The molecule has 33 heavy (non-hydrogen) atoms. The number of anilines is 1. The topological polar surface area (TPSA) is 115 Å². The lowest BCUT2D eigenvalue weighted by molar-refractivity contribution is 0.102. The quantitative estimate of drug-likeness (QED) is 0.247. The van der Waals surface area contributed by atoms with Gasteiger partial charge in [-0.3, -0.25) is 4.79 Å². The molecule has 1 amide bonds. The summed E-state index contributed by atoms with van der Waals surface area (Å²) in [4.78, 5) is 18.7. The number of hydrogen-bond acceptors (Lipinski definition) is 5. The van der Waals surface area contributed by atoms with Crippen molar-refractivity contribution in [3.63, 3.8) is 0 Å². The first-order chi connectivity index (χ1) is 15.8. The average molecular weight is 464 g/mol. The Labute approximate surface area is 198 Å². The molecule has 170 valence electrons. The van der Waals surface area contributed by atoms with Crippen LogP contribution in [0.15, 0.2) is 71.5 Å². The fourth-order valence-corrected chi connectivity index (χ4v) is 4.16. The molecule has 4 N–H and O–H groups in total. The Balaban J connectivity index is 1.83. The Morgan fingerprint density at radius 2 is 2.15 bits per heavy atom. The van der Waals surface area contributed by atoms with Gasteiger partial charge in [-0.1, -0.05) is 36.4 Å². The normalized spacial score (nSPS) is 17.1. The molecule has 0 aromatic heterocycles. The molecule has 0 aliphatic carbocycles. The van der Waals surface area contributed by atoms with Crippen molar-refractivity contribution < 1.29 is 9.90 Å². The van der Waals surface area contributed by atoms with Gasteiger partial charge in [-0.2, -0.15) is 5.26 Å². The molecule has 1 aliphatic heterocycles. The highest BCUT2D eigenvalue weighted by Crippen LogP contribution is 2.34. The summed E-state index contributed by atoms with van der Waals surface area (Å²) in [6.45, 7) is 6.85. The predicted octanol–water partition coefficient (Wildman–Crippen LogP) is 4.78. The summed E-state index contributed by atoms with van der Waals surface area (Å²) in [5.74, 6) is -0.139. The number of phenolic OH excluding ortho intramolecular Hbond substituents is 1. The van der Waals surface area contributed by atoms with Gasteiger partial charge < -0.3 is 21.1 Å². The molecule has 1 saturated heterocycles. The van der Waals surface area contributed by atoms with Crippen LogP contribution in [0.3, 0.4) is 0 Å². The lowest BCUT2D eigenvalue weighted by Crippen LogP contribution is -2.34. The van der Waals surface area contributed by atoms with Crippen LogP contribution in [0.4, 0.5) is 5.69 Å². The summed E-state index contributed by atoms with van der Waals surface area (Å²) in [5, 5.41) is 23.0. The van der Waals surface area contributed by atoms with Gasteiger partial charge in [0, 0.05) is 30.9 Å². The molecule has 0 spiro atoms. The number of aliphatic imine (C=N–C) groups is 1. The summed E-state index contributed by atoms with van der Waals surface area (Å²) < 4.78 is 0. The highest BCUT2D eigenvalue weighted by molar-refractivity contribution is 6.34. The third-order valence-electron chi connectivity index (χ3n) is 5.71. The van der Waals surface area contributed by atoms with E-state index in [1.807, 2.05) is 13.0 Å². The summed E-state index contributed by atoms with van der Waals surface area (Å²) in [7, 11) is 0. The Morgan fingerprint density at radius 1 is 1.39 bits per heavy atom. The van der Waals surface area contributed by atoms with Crippen molar-refractivity contribution in [2.75, 3.05) is 18.4 Å². The van der Waals surface area contributed by atoms with Crippen molar-refractivity contribution in [3.05, 3.63) is 82.7 Å². The Kier molecular flexibility index (Phi) is 7.75. The van der Waals surface area contributed by atoms with Crippen LogP contribution in [-0.4, -0.2) is 34.8 Å². The smallest absolute Gasteiger partial charge is 0.257 e.